The van der Waals surface area contributed by atoms with Crippen molar-refractivity contribution in [1.29, 1.82) is 0 Å². The Morgan fingerprint density at radius 3 is 2.64 bits per heavy atom. The first-order chi connectivity index (χ1) is 13.4. The third-order valence-electron chi connectivity index (χ3n) is 7.24. The van der Waals surface area contributed by atoms with Gasteiger partial charge in [0.25, 0.3) is 0 Å². The van der Waals surface area contributed by atoms with Gasteiger partial charge in [-0.2, -0.15) is 0 Å². The van der Waals surface area contributed by atoms with Gasteiger partial charge in [0.1, 0.15) is 5.54 Å². The molecule has 0 radical (unpaired) electrons. The Labute approximate surface area is 170 Å². The maximum absolute atomic E-state index is 13.6. The quantitative estimate of drug-likeness (QED) is 0.759. The number of amides is 1. The zero-order valence-electron chi connectivity index (χ0n) is 17.9. The molecule has 3 aliphatic heterocycles. The van der Waals surface area contributed by atoms with Crippen molar-refractivity contribution >= 4 is 5.91 Å². The van der Waals surface area contributed by atoms with Gasteiger partial charge in [-0.3, -0.25) is 9.69 Å². The van der Waals surface area contributed by atoms with E-state index < -0.39 is 5.54 Å². The summed E-state index contributed by atoms with van der Waals surface area (Å²) in [6.07, 6.45) is 2.12. The highest BCUT2D eigenvalue weighted by Gasteiger charge is 2.64. The van der Waals surface area contributed by atoms with E-state index in [1.807, 2.05) is 18.2 Å². The normalized spacial score (nSPS) is 34.4. The summed E-state index contributed by atoms with van der Waals surface area (Å²) in [6.45, 7) is 13.2. The summed E-state index contributed by atoms with van der Waals surface area (Å²) < 4.78 is 0. The summed E-state index contributed by atoms with van der Waals surface area (Å²) >= 11 is 0. The van der Waals surface area contributed by atoms with E-state index in [0.29, 0.717) is 42.2 Å². The second-order valence-corrected chi connectivity index (χ2v) is 10.2. The van der Waals surface area contributed by atoms with E-state index >= 15 is 0 Å². The summed E-state index contributed by atoms with van der Waals surface area (Å²) in [5.41, 5.74) is 0.774. The second-order valence-electron chi connectivity index (χ2n) is 10.2. The standard InChI is InChI=1S/C24H37N3O/c1-16(2)10-21-22-20-13-26-24(21,11-19(20)15-27(22)14-17(3)4)23(28)25-12-18-8-6-5-7-9-18/h5-9,16-17,19-22,26H,10-15H2,1-4H3,(H,25,28). The van der Waals surface area contributed by atoms with Crippen LogP contribution >= 0.6 is 0 Å². The molecule has 4 nitrogen and oxygen atoms in total. The molecule has 1 aromatic carbocycles. The molecule has 1 amide bonds. The lowest BCUT2D eigenvalue weighted by Crippen LogP contribution is -2.74. The van der Waals surface area contributed by atoms with Crippen LogP contribution in [0.15, 0.2) is 30.3 Å². The molecule has 4 bridgehead atoms. The highest BCUT2D eigenvalue weighted by molar-refractivity contribution is 5.87. The first-order valence-electron chi connectivity index (χ1n) is 11.2. The van der Waals surface area contributed by atoms with E-state index in [1.165, 1.54) is 12.1 Å². The number of rotatable bonds is 7. The fourth-order valence-corrected chi connectivity index (χ4v) is 6.31. The number of benzene rings is 1. The lowest BCUT2D eigenvalue weighted by atomic mass is 9.57. The maximum atomic E-state index is 13.6. The Balaban J connectivity index is 1.58. The Hall–Kier alpha value is -1.39. The van der Waals surface area contributed by atoms with Crippen LogP contribution in [0.5, 0.6) is 0 Å². The number of hydrogen-bond acceptors (Lipinski definition) is 3. The second kappa shape index (κ2) is 7.79. The molecule has 154 valence electrons. The molecular weight excluding hydrogens is 346 g/mol. The van der Waals surface area contributed by atoms with Crippen molar-refractivity contribution in [2.75, 3.05) is 19.6 Å². The van der Waals surface area contributed by atoms with Gasteiger partial charge in [-0.05, 0) is 42.1 Å². The molecule has 1 aliphatic carbocycles. The van der Waals surface area contributed by atoms with Gasteiger partial charge >= 0.3 is 0 Å². The maximum Gasteiger partial charge on any atom is 0.240 e. The van der Waals surface area contributed by atoms with E-state index in [1.54, 1.807) is 0 Å². The first-order valence-corrected chi connectivity index (χ1v) is 11.2. The molecule has 3 saturated heterocycles. The molecule has 1 aromatic rings. The molecular formula is C24H37N3O. The molecule has 4 heteroatoms. The number of piperidine rings is 2. The zero-order valence-corrected chi connectivity index (χ0v) is 17.9. The van der Waals surface area contributed by atoms with Crippen LogP contribution in [0.3, 0.4) is 0 Å². The fourth-order valence-electron chi connectivity index (χ4n) is 6.31. The lowest BCUT2D eigenvalue weighted by Gasteiger charge is -2.56. The summed E-state index contributed by atoms with van der Waals surface area (Å²) in [5, 5.41) is 7.05. The van der Waals surface area contributed by atoms with Crippen LogP contribution in [0, 0.1) is 29.6 Å². The van der Waals surface area contributed by atoms with Crippen molar-refractivity contribution in [1.82, 2.24) is 15.5 Å². The van der Waals surface area contributed by atoms with Crippen LogP contribution in [-0.4, -0.2) is 42.0 Å². The minimum Gasteiger partial charge on any atom is -0.350 e. The predicted molar refractivity (Wildman–Crippen MR) is 114 cm³/mol. The van der Waals surface area contributed by atoms with Crippen molar-refractivity contribution in [3.05, 3.63) is 35.9 Å². The average molecular weight is 384 g/mol. The highest BCUT2D eigenvalue weighted by Crippen LogP contribution is 2.53. The number of likely N-dealkylation sites (tertiary alicyclic amines) is 1. The molecule has 4 aliphatic rings. The molecule has 5 unspecified atom stereocenters. The smallest absolute Gasteiger partial charge is 0.240 e. The first kappa shape index (κ1) is 19.9. The minimum atomic E-state index is -0.394. The molecule has 2 N–H and O–H groups in total. The molecule has 0 aromatic heterocycles. The van der Waals surface area contributed by atoms with Gasteiger partial charge in [-0.25, -0.2) is 0 Å². The molecule has 0 spiro atoms. The van der Waals surface area contributed by atoms with Crippen LogP contribution in [0.4, 0.5) is 0 Å². The number of nitrogens with zero attached hydrogens (tertiary/aromatic N) is 1. The number of hydrogen-bond donors (Lipinski definition) is 2. The van der Waals surface area contributed by atoms with Crippen LogP contribution in [0.25, 0.3) is 0 Å². The van der Waals surface area contributed by atoms with Crippen LogP contribution < -0.4 is 10.6 Å². The zero-order chi connectivity index (χ0) is 19.9. The summed E-state index contributed by atoms with van der Waals surface area (Å²) in [4.78, 5) is 16.3. The Kier molecular flexibility index (Phi) is 5.54. The highest BCUT2D eigenvalue weighted by atomic mass is 16.2. The predicted octanol–water partition coefficient (Wildman–Crippen LogP) is 3.28. The van der Waals surface area contributed by atoms with Gasteiger partial charge < -0.3 is 10.6 Å². The molecule has 5 rings (SSSR count). The molecule has 4 fully saturated rings. The molecule has 5 atom stereocenters. The van der Waals surface area contributed by atoms with E-state index in [-0.39, 0.29) is 5.91 Å². The Morgan fingerprint density at radius 2 is 1.96 bits per heavy atom. The van der Waals surface area contributed by atoms with Gasteiger partial charge in [-0.15, -0.1) is 0 Å². The third-order valence-corrected chi connectivity index (χ3v) is 7.24. The number of carbonyl (C=O) groups is 1. The summed E-state index contributed by atoms with van der Waals surface area (Å²) in [7, 11) is 0. The minimum absolute atomic E-state index is 0.224. The van der Waals surface area contributed by atoms with Crippen LogP contribution in [0.2, 0.25) is 0 Å². The van der Waals surface area contributed by atoms with Crippen molar-refractivity contribution in [3.63, 3.8) is 0 Å². The van der Waals surface area contributed by atoms with Gasteiger partial charge in [0.15, 0.2) is 0 Å². The summed E-state index contributed by atoms with van der Waals surface area (Å²) in [5.74, 6) is 3.28. The molecule has 28 heavy (non-hydrogen) atoms. The van der Waals surface area contributed by atoms with Crippen molar-refractivity contribution in [3.8, 4) is 0 Å². The fraction of sp³-hybridized carbons (Fsp3) is 0.708. The largest absolute Gasteiger partial charge is 0.350 e. The Bertz CT molecular complexity index is 688. The number of fused-ring (bicyclic) bond motifs is 1. The Morgan fingerprint density at radius 1 is 1.21 bits per heavy atom. The lowest BCUT2D eigenvalue weighted by molar-refractivity contribution is -0.139. The van der Waals surface area contributed by atoms with Gasteiger partial charge in [0.05, 0.1) is 0 Å². The molecule has 1 saturated carbocycles. The number of nitrogens with one attached hydrogen (secondary N) is 2. The van der Waals surface area contributed by atoms with Crippen LogP contribution in [0.1, 0.15) is 46.1 Å². The number of carbonyl (C=O) groups excluding carboxylic acids is 1. The summed E-state index contributed by atoms with van der Waals surface area (Å²) in [6, 6.07) is 10.8. The topological polar surface area (TPSA) is 44.4 Å². The van der Waals surface area contributed by atoms with Gasteiger partial charge in [-0.1, -0.05) is 58.0 Å². The van der Waals surface area contributed by atoms with E-state index in [4.69, 9.17) is 0 Å². The SMILES string of the molecule is CC(C)CC1C2C3CNC1(C(=O)NCc1ccccc1)CC3CN2CC(C)C. The monoisotopic (exact) mass is 383 g/mol. The van der Waals surface area contributed by atoms with Gasteiger partial charge in [0.2, 0.25) is 5.91 Å². The van der Waals surface area contributed by atoms with Crippen molar-refractivity contribution in [2.24, 2.45) is 29.6 Å². The van der Waals surface area contributed by atoms with Crippen molar-refractivity contribution in [2.45, 2.75) is 58.7 Å². The van der Waals surface area contributed by atoms with Crippen molar-refractivity contribution < 1.29 is 4.79 Å². The third kappa shape index (κ3) is 3.50. The van der Waals surface area contributed by atoms with Gasteiger partial charge in [0, 0.05) is 38.1 Å². The van der Waals surface area contributed by atoms with E-state index in [9.17, 15) is 4.79 Å². The van der Waals surface area contributed by atoms with E-state index in [2.05, 4.69) is 55.4 Å². The van der Waals surface area contributed by atoms with E-state index in [0.717, 1.165) is 25.9 Å². The van der Waals surface area contributed by atoms with Crippen LogP contribution in [-0.2, 0) is 11.3 Å². The average Bonchev–Trinajstić information content (AvgIpc) is 2.95. The molecule has 3 heterocycles.